The molecule has 0 saturated heterocycles. The van der Waals surface area contributed by atoms with Gasteiger partial charge in [0.25, 0.3) is 0 Å². The van der Waals surface area contributed by atoms with Gasteiger partial charge < -0.3 is 9.47 Å². The first-order valence-electron chi connectivity index (χ1n) is 7.99. The minimum Gasteiger partial charge on any atom is -0.460 e. The predicted octanol–water partition coefficient (Wildman–Crippen LogP) is 3.39. The van der Waals surface area contributed by atoms with E-state index >= 15 is 0 Å². The van der Waals surface area contributed by atoms with Crippen LogP contribution in [0, 0.1) is 17.2 Å². The zero-order chi connectivity index (χ0) is 17.9. The van der Waals surface area contributed by atoms with E-state index in [0.717, 1.165) is 11.1 Å². The molecule has 128 valence electrons. The number of ether oxygens (including phenoxy) is 2. The Balaban J connectivity index is 1.92. The van der Waals surface area contributed by atoms with Gasteiger partial charge >= 0.3 is 11.9 Å². The highest BCUT2D eigenvalue weighted by Crippen LogP contribution is 2.14. The lowest BCUT2D eigenvalue weighted by atomic mass is 10.0. The van der Waals surface area contributed by atoms with Crippen molar-refractivity contribution in [2.75, 3.05) is 0 Å². The van der Waals surface area contributed by atoms with E-state index in [-0.39, 0.29) is 26.1 Å². The molecule has 0 aliphatic heterocycles. The summed E-state index contributed by atoms with van der Waals surface area (Å²) >= 11 is 0. The maximum absolute atomic E-state index is 12.2. The highest BCUT2D eigenvalue weighted by atomic mass is 16.6. The number of rotatable bonds is 8. The van der Waals surface area contributed by atoms with Crippen LogP contribution >= 0.6 is 0 Å². The zero-order valence-corrected chi connectivity index (χ0v) is 13.8. The number of hydrogen-bond donors (Lipinski definition) is 0. The van der Waals surface area contributed by atoms with Gasteiger partial charge in [0.2, 0.25) is 0 Å². The van der Waals surface area contributed by atoms with Gasteiger partial charge in [0.1, 0.15) is 13.2 Å². The third-order valence-electron chi connectivity index (χ3n) is 3.56. The Morgan fingerprint density at radius 2 is 1.28 bits per heavy atom. The standard InChI is InChI=1S/C20H19NO4/c21-13-7-12-18(19(22)24-14-16-8-3-1-4-9-16)20(23)25-15-17-10-5-2-6-11-17/h1-6,8-11,18H,7,12,14-15H2. The molecule has 0 amide bonds. The number of hydrogen-bond acceptors (Lipinski definition) is 5. The molecule has 0 aliphatic carbocycles. The molecule has 0 aromatic heterocycles. The first kappa shape index (κ1) is 18.2. The van der Waals surface area contributed by atoms with E-state index in [2.05, 4.69) is 0 Å². The average Bonchev–Trinajstić information content (AvgIpc) is 2.66. The molecular formula is C20H19NO4. The van der Waals surface area contributed by atoms with Crippen molar-refractivity contribution in [2.24, 2.45) is 5.92 Å². The largest absolute Gasteiger partial charge is 0.460 e. The molecule has 0 radical (unpaired) electrons. The second kappa shape index (κ2) is 9.89. The number of benzene rings is 2. The van der Waals surface area contributed by atoms with Gasteiger partial charge in [0.05, 0.1) is 6.07 Å². The summed E-state index contributed by atoms with van der Waals surface area (Å²) in [6.45, 7) is 0.156. The summed E-state index contributed by atoms with van der Waals surface area (Å²) in [5.41, 5.74) is 1.65. The lowest BCUT2D eigenvalue weighted by Gasteiger charge is -2.14. The quantitative estimate of drug-likeness (QED) is 0.545. The molecule has 0 saturated carbocycles. The van der Waals surface area contributed by atoms with Crippen LogP contribution in [0.15, 0.2) is 60.7 Å². The Labute approximate surface area is 146 Å². The van der Waals surface area contributed by atoms with Crippen LogP contribution in [-0.4, -0.2) is 11.9 Å². The van der Waals surface area contributed by atoms with Gasteiger partial charge in [-0.25, -0.2) is 0 Å². The molecule has 2 rings (SSSR count). The van der Waals surface area contributed by atoms with E-state index in [9.17, 15) is 9.59 Å². The summed E-state index contributed by atoms with van der Waals surface area (Å²) in [5, 5.41) is 8.74. The van der Waals surface area contributed by atoms with E-state index < -0.39 is 17.9 Å². The molecule has 0 aliphatic rings. The van der Waals surface area contributed by atoms with Crippen LogP contribution in [0.25, 0.3) is 0 Å². The van der Waals surface area contributed by atoms with E-state index in [1.807, 2.05) is 66.7 Å². The molecule has 0 bridgehead atoms. The molecule has 0 unspecified atom stereocenters. The Morgan fingerprint density at radius 3 is 1.68 bits per heavy atom. The Hall–Kier alpha value is -3.13. The maximum Gasteiger partial charge on any atom is 0.320 e. The normalized spacial score (nSPS) is 10.1. The van der Waals surface area contributed by atoms with Crippen molar-refractivity contribution in [3.05, 3.63) is 71.8 Å². The van der Waals surface area contributed by atoms with Gasteiger partial charge in [-0.2, -0.15) is 5.26 Å². The number of esters is 2. The van der Waals surface area contributed by atoms with Crippen molar-refractivity contribution in [2.45, 2.75) is 26.1 Å². The van der Waals surface area contributed by atoms with Crippen molar-refractivity contribution in [3.63, 3.8) is 0 Å². The minimum absolute atomic E-state index is 0.0749. The number of nitrogens with zero attached hydrogens (tertiary/aromatic N) is 1. The first-order chi connectivity index (χ1) is 12.2. The molecule has 2 aromatic carbocycles. The SMILES string of the molecule is N#CCCC(C(=O)OCc1ccccc1)C(=O)OCc1ccccc1. The van der Waals surface area contributed by atoms with Crippen LogP contribution in [0.1, 0.15) is 24.0 Å². The van der Waals surface area contributed by atoms with Gasteiger partial charge in [0, 0.05) is 6.42 Å². The fourth-order valence-corrected chi connectivity index (χ4v) is 2.20. The number of carbonyl (C=O) groups is 2. The van der Waals surface area contributed by atoms with Crippen LogP contribution in [0.3, 0.4) is 0 Å². The Kier molecular flexibility index (Phi) is 7.20. The van der Waals surface area contributed by atoms with Gasteiger partial charge in [-0.1, -0.05) is 60.7 Å². The molecular weight excluding hydrogens is 318 g/mol. The highest BCUT2D eigenvalue weighted by Gasteiger charge is 2.29. The molecule has 5 nitrogen and oxygen atoms in total. The summed E-state index contributed by atoms with van der Waals surface area (Å²) in [6.07, 6.45) is 0.156. The molecule has 0 N–H and O–H groups in total. The average molecular weight is 337 g/mol. The van der Waals surface area contributed by atoms with Crippen molar-refractivity contribution in [1.82, 2.24) is 0 Å². The van der Waals surface area contributed by atoms with Gasteiger partial charge in [-0.3, -0.25) is 9.59 Å². The lowest BCUT2D eigenvalue weighted by Crippen LogP contribution is -2.28. The van der Waals surface area contributed by atoms with Crippen molar-refractivity contribution in [3.8, 4) is 6.07 Å². The summed E-state index contributed by atoms with van der Waals surface area (Å²) < 4.78 is 10.4. The molecule has 0 fully saturated rings. The lowest BCUT2D eigenvalue weighted by molar-refractivity contribution is -0.164. The van der Waals surface area contributed by atoms with Gasteiger partial charge in [0.15, 0.2) is 5.92 Å². The molecule has 0 spiro atoms. The van der Waals surface area contributed by atoms with Crippen LogP contribution in [0.2, 0.25) is 0 Å². The summed E-state index contributed by atoms with van der Waals surface area (Å²) in [6, 6.07) is 20.3. The third-order valence-corrected chi connectivity index (χ3v) is 3.56. The minimum atomic E-state index is -1.09. The first-order valence-corrected chi connectivity index (χ1v) is 7.99. The summed E-state index contributed by atoms with van der Waals surface area (Å²) in [5.74, 6) is -2.43. The van der Waals surface area contributed by atoms with Crippen LogP contribution in [0.5, 0.6) is 0 Å². The molecule has 5 heteroatoms. The molecule has 0 heterocycles. The van der Waals surface area contributed by atoms with Crippen molar-refractivity contribution < 1.29 is 19.1 Å². The Morgan fingerprint density at radius 1 is 0.840 bits per heavy atom. The maximum atomic E-state index is 12.2. The number of nitriles is 1. The fourth-order valence-electron chi connectivity index (χ4n) is 2.20. The van der Waals surface area contributed by atoms with Crippen LogP contribution < -0.4 is 0 Å². The third kappa shape index (κ3) is 6.11. The smallest absolute Gasteiger partial charge is 0.320 e. The van der Waals surface area contributed by atoms with E-state index in [4.69, 9.17) is 14.7 Å². The van der Waals surface area contributed by atoms with E-state index in [0.29, 0.717) is 0 Å². The molecule has 25 heavy (non-hydrogen) atoms. The van der Waals surface area contributed by atoms with Crippen LogP contribution in [0.4, 0.5) is 0 Å². The van der Waals surface area contributed by atoms with Gasteiger partial charge in [-0.15, -0.1) is 0 Å². The fraction of sp³-hybridized carbons (Fsp3) is 0.250. The zero-order valence-electron chi connectivity index (χ0n) is 13.8. The second-order valence-electron chi connectivity index (χ2n) is 5.44. The van der Waals surface area contributed by atoms with E-state index in [1.54, 1.807) is 0 Å². The highest BCUT2D eigenvalue weighted by molar-refractivity contribution is 5.94. The second-order valence-corrected chi connectivity index (χ2v) is 5.44. The molecule has 2 aromatic rings. The summed E-state index contributed by atoms with van der Waals surface area (Å²) in [7, 11) is 0. The van der Waals surface area contributed by atoms with Crippen molar-refractivity contribution >= 4 is 11.9 Å². The van der Waals surface area contributed by atoms with Crippen LogP contribution in [-0.2, 0) is 32.3 Å². The summed E-state index contributed by atoms with van der Waals surface area (Å²) in [4.78, 5) is 24.5. The monoisotopic (exact) mass is 337 g/mol. The topological polar surface area (TPSA) is 76.4 Å². The Bertz CT molecular complexity index is 667. The number of carbonyl (C=O) groups excluding carboxylic acids is 2. The molecule has 0 atom stereocenters. The predicted molar refractivity (Wildman–Crippen MR) is 90.8 cm³/mol. The van der Waals surface area contributed by atoms with Gasteiger partial charge in [-0.05, 0) is 17.5 Å². The van der Waals surface area contributed by atoms with E-state index in [1.165, 1.54) is 0 Å². The van der Waals surface area contributed by atoms with Crippen molar-refractivity contribution in [1.29, 1.82) is 5.26 Å².